The molecule has 23 heavy (non-hydrogen) atoms. The Hall–Kier alpha value is -2.34. The summed E-state index contributed by atoms with van der Waals surface area (Å²) in [6.45, 7) is 1.90. The largest absolute Gasteiger partial charge is 0.469 e. The van der Waals surface area contributed by atoms with Gasteiger partial charge >= 0.3 is 11.9 Å². The fourth-order valence-electron chi connectivity index (χ4n) is 2.67. The maximum atomic E-state index is 12.2. The van der Waals surface area contributed by atoms with Crippen LogP contribution in [0.1, 0.15) is 41.4 Å². The van der Waals surface area contributed by atoms with Crippen molar-refractivity contribution < 1.29 is 24.2 Å². The summed E-state index contributed by atoms with van der Waals surface area (Å²) in [5, 5.41) is 10.4. The molecule has 0 saturated heterocycles. The number of carbonyl (C=O) groups is 2. The Bertz CT molecular complexity index is 704. The first-order valence-electron chi connectivity index (χ1n) is 7.59. The third kappa shape index (κ3) is 3.71. The molecule has 0 bridgehead atoms. The number of hydrogen-bond acceptors (Lipinski definition) is 5. The van der Waals surface area contributed by atoms with E-state index in [4.69, 9.17) is 4.74 Å². The van der Waals surface area contributed by atoms with Crippen molar-refractivity contribution >= 4 is 22.8 Å². The van der Waals surface area contributed by atoms with Crippen LogP contribution in [0.3, 0.4) is 0 Å². The number of aryl methyl sites for hydroxylation is 1. The standard InChI is InChI=1S/C17H21NO5/c1-3-23-17(21)16-12(7-5-9-14(20)22-2)15-11(10-19)6-4-8-13(15)18-16/h4,6,8,18-19H,3,5,7,9-10H2,1-2H3. The number of carbonyl (C=O) groups excluding carboxylic acids is 2. The Morgan fingerprint density at radius 3 is 2.74 bits per heavy atom. The number of aliphatic hydroxyl groups is 1. The van der Waals surface area contributed by atoms with Crippen molar-refractivity contribution in [3.8, 4) is 0 Å². The number of fused-ring (bicyclic) bond motifs is 1. The molecule has 2 N–H and O–H groups in total. The van der Waals surface area contributed by atoms with Gasteiger partial charge in [-0.2, -0.15) is 0 Å². The molecule has 6 nitrogen and oxygen atoms in total. The number of H-pyrrole nitrogens is 1. The van der Waals surface area contributed by atoms with E-state index in [1.807, 2.05) is 18.2 Å². The number of methoxy groups -OCH3 is 1. The molecule has 6 heteroatoms. The molecule has 0 unspecified atom stereocenters. The molecule has 0 aliphatic heterocycles. The maximum Gasteiger partial charge on any atom is 0.355 e. The number of aromatic amines is 1. The van der Waals surface area contributed by atoms with E-state index in [0.29, 0.717) is 18.5 Å². The number of ether oxygens (including phenoxy) is 2. The Morgan fingerprint density at radius 1 is 1.30 bits per heavy atom. The zero-order valence-corrected chi connectivity index (χ0v) is 13.3. The molecule has 2 rings (SSSR count). The van der Waals surface area contributed by atoms with Crippen LogP contribution in [-0.2, 0) is 27.3 Å². The summed E-state index contributed by atoms with van der Waals surface area (Å²) in [6, 6.07) is 5.48. The van der Waals surface area contributed by atoms with Crippen LogP contribution in [0, 0.1) is 0 Å². The van der Waals surface area contributed by atoms with Gasteiger partial charge in [0.15, 0.2) is 0 Å². The van der Waals surface area contributed by atoms with Gasteiger partial charge in [0.1, 0.15) is 5.69 Å². The van der Waals surface area contributed by atoms with Gasteiger partial charge in [0.05, 0.1) is 20.3 Å². The molecular formula is C17H21NO5. The molecule has 0 aliphatic rings. The predicted molar refractivity (Wildman–Crippen MR) is 85.1 cm³/mol. The van der Waals surface area contributed by atoms with Gasteiger partial charge in [-0.15, -0.1) is 0 Å². The monoisotopic (exact) mass is 319 g/mol. The van der Waals surface area contributed by atoms with E-state index in [0.717, 1.165) is 22.0 Å². The molecule has 0 fully saturated rings. The summed E-state index contributed by atoms with van der Waals surface area (Å²) in [4.78, 5) is 26.5. The number of aliphatic hydroxyl groups excluding tert-OH is 1. The van der Waals surface area contributed by atoms with Crippen molar-refractivity contribution in [3.05, 3.63) is 35.0 Å². The number of hydrogen-bond donors (Lipinski definition) is 2. The SMILES string of the molecule is CCOC(=O)c1[nH]c2cccc(CO)c2c1CCCC(=O)OC. The van der Waals surface area contributed by atoms with E-state index < -0.39 is 5.97 Å². The van der Waals surface area contributed by atoms with Crippen molar-refractivity contribution in [1.82, 2.24) is 4.98 Å². The van der Waals surface area contributed by atoms with Crippen LogP contribution < -0.4 is 0 Å². The van der Waals surface area contributed by atoms with E-state index in [1.165, 1.54) is 7.11 Å². The fraction of sp³-hybridized carbons (Fsp3) is 0.412. The molecular weight excluding hydrogens is 298 g/mol. The Morgan fingerprint density at radius 2 is 2.09 bits per heavy atom. The Labute approximate surface area is 134 Å². The van der Waals surface area contributed by atoms with Crippen molar-refractivity contribution in [2.45, 2.75) is 32.8 Å². The topological polar surface area (TPSA) is 88.6 Å². The van der Waals surface area contributed by atoms with Crippen molar-refractivity contribution in [3.63, 3.8) is 0 Å². The van der Waals surface area contributed by atoms with Crippen molar-refractivity contribution in [1.29, 1.82) is 0 Å². The first-order valence-corrected chi connectivity index (χ1v) is 7.59. The summed E-state index contributed by atoms with van der Waals surface area (Å²) in [6.07, 6.45) is 1.33. The lowest BCUT2D eigenvalue weighted by Gasteiger charge is -2.06. The molecule has 1 aromatic heterocycles. The van der Waals surface area contributed by atoms with Gasteiger partial charge in [0.2, 0.25) is 0 Å². The highest BCUT2D eigenvalue weighted by atomic mass is 16.5. The number of benzene rings is 1. The lowest BCUT2D eigenvalue weighted by Crippen LogP contribution is -2.09. The second kappa shape index (κ2) is 7.78. The highest BCUT2D eigenvalue weighted by Crippen LogP contribution is 2.28. The van der Waals surface area contributed by atoms with Gasteiger partial charge in [-0.05, 0) is 37.0 Å². The lowest BCUT2D eigenvalue weighted by atomic mass is 10.0. The number of aromatic nitrogens is 1. The summed E-state index contributed by atoms with van der Waals surface area (Å²) in [7, 11) is 1.35. The van der Waals surface area contributed by atoms with Crippen LogP contribution in [-0.4, -0.2) is 35.7 Å². The molecule has 124 valence electrons. The predicted octanol–water partition coefficient (Wildman–Crippen LogP) is 2.33. The number of esters is 2. The normalized spacial score (nSPS) is 10.7. The van der Waals surface area contributed by atoms with Crippen LogP contribution in [0.25, 0.3) is 10.9 Å². The van der Waals surface area contributed by atoms with E-state index in [1.54, 1.807) is 6.92 Å². The van der Waals surface area contributed by atoms with Gasteiger partial charge < -0.3 is 19.6 Å². The van der Waals surface area contributed by atoms with Crippen LogP contribution in [0.4, 0.5) is 0 Å². The van der Waals surface area contributed by atoms with E-state index >= 15 is 0 Å². The number of rotatable bonds is 7. The fourth-order valence-corrected chi connectivity index (χ4v) is 2.67. The molecule has 1 aromatic carbocycles. The van der Waals surface area contributed by atoms with Gasteiger partial charge in [0, 0.05) is 17.3 Å². The zero-order chi connectivity index (χ0) is 16.8. The maximum absolute atomic E-state index is 12.2. The average molecular weight is 319 g/mol. The van der Waals surface area contributed by atoms with Gasteiger partial charge in [-0.25, -0.2) is 4.79 Å². The highest BCUT2D eigenvalue weighted by Gasteiger charge is 2.20. The summed E-state index contributed by atoms with van der Waals surface area (Å²) < 4.78 is 9.74. The van der Waals surface area contributed by atoms with Crippen LogP contribution in [0.15, 0.2) is 18.2 Å². The third-order valence-electron chi connectivity index (χ3n) is 3.70. The van der Waals surface area contributed by atoms with Crippen LogP contribution in [0.5, 0.6) is 0 Å². The quantitative estimate of drug-likeness (QED) is 0.765. The molecule has 0 amide bonds. The number of nitrogens with one attached hydrogen (secondary N) is 1. The summed E-state index contributed by atoms with van der Waals surface area (Å²) in [5.74, 6) is -0.717. The summed E-state index contributed by atoms with van der Waals surface area (Å²) >= 11 is 0. The highest BCUT2D eigenvalue weighted by molar-refractivity contribution is 5.99. The molecule has 0 radical (unpaired) electrons. The minimum atomic E-state index is -0.430. The molecule has 0 atom stereocenters. The minimum absolute atomic E-state index is 0.124. The van der Waals surface area contributed by atoms with Crippen LogP contribution >= 0.6 is 0 Å². The van der Waals surface area contributed by atoms with E-state index in [2.05, 4.69) is 9.72 Å². The minimum Gasteiger partial charge on any atom is -0.469 e. The van der Waals surface area contributed by atoms with Gasteiger partial charge in [-0.3, -0.25) is 4.79 Å². The van der Waals surface area contributed by atoms with Gasteiger partial charge in [-0.1, -0.05) is 12.1 Å². The van der Waals surface area contributed by atoms with E-state index in [-0.39, 0.29) is 25.6 Å². The molecule has 0 aliphatic carbocycles. The smallest absolute Gasteiger partial charge is 0.355 e. The zero-order valence-electron chi connectivity index (χ0n) is 13.3. The second-order valence-corrected chi connectivity index (χ2v) is 5.13. The van der Waals surface area contributed by atoms with Crippen molar-refractivity contribution in [2.75, 3.05) is 13.7 Å². The average Bonchev–Trinajstić information content (AvgIpc) is 2.93. The van der Waals surface area contributed by atoms with E-state index in [9.17, 15) is 14.7 Å². The molecule has 2 aromatic rings. The lowest BCUT2D eigenvalue weighted by molar-refractivity contribution is -0.140. The van der Waals surface area contributed by atoms with Crippen LogP contribution in [0.2, 0.25) is 0 Å². The third-order valence-corrected chi connectivity index (χ3v) is 3.70. The molecule has 0 spiro atoms. The molecule has 0 saturated carbocycles. The second-order valence-electron chi connectivity index (χ2n) is 5.13. The Kier molecular flexibility index (Phi) is 5.76. The van der Waals surface area contributed by atoms with Gasteiger partial charge in [0.25, 0.3) is 0 Å². The summed E-state index contributed by atoms with van der Waals surface area (Å²) in [5.41, 5.74) is 2.66. The Balaban J connectivity index is 2.41. The first kappa shape index (κ1) is 17.0. The van der Waals surface area contributed by atoms with Crippen molar-refractivity contribution in [2.24, 2.45) is 0 Å². The molecule has 1 heterocycles. The first-order chi connectivity index (χ1) is 11.1.